The molecule has 1 amide bonds. The van der Waals surface area contributed by atoms with Gasteiger partial charge >= 0.3 is 0 Å². The number of ether oxygens (including phenoxy) is 2. The van der Waals surface area contributed by atoms with Crippen molar-refractivity contribution in [2.24, 2.45) is 0 Å². The zero-order valence-electron chi connectivity index (χ0n) is 13.1. The second-order valence-corrected chi connectivity index (χ2v) is 6.20. The molecule has 122 valence electrons. The van der Waals surface area contributed by atoms with Gasteiger partial charge in [0.15, 0.2) is 11.5 Å². The largest absolute Gasteiger partial charge is 0.493 e. The summed E-state index contributed by atoms with van der Waals surface area (Å²) in [6.45, 7) is 4.32. The Labute approximate surface area is 139 Å². The minimum atomic E-state index is -0.102. The molecule has 1 saturated heterocycles. The van der Waals surface area contributed by atoms with E-state index in [0.29, 0.717) is 36.3 Å². The van der Waals surface area contributed by atoms with Crippen LogP contribution in [0.3, 0.4) is 0 Å². The SMILES string of the molecule is CCCOc1c(Br)cc(C(=O)NCC2CCCN2)cc1OC. The predicted molar refractivity (Wildman–Crippen MR) is 89.8 cm³/mol. The van der Waals surface area contributed by atoms with Gasteiger partial charge in [-0.2, -0.15) is 0 Å². The van der Waals surface area contributed by atoms with E-state index in [9.17, 15) is 4.79 Å². The highest BCUT2D eigenvalue weighted by molar-refractivity contribution is 9.10. The van der Waals surface area contributed by atoms with E-state index in [1.807, 2.05) is 6.92 Å². The van der Waals surface area contributed by atoms with Crippen molar-refractivity contribution in [2.75, 3.05) is 26.8 Å². The minimum Gasteiger partial charge on any atom is -0.493 e. The Morgan fingerprint density at radius 2 is 2.32 bits per heavy atom. The van der Waals surface area contributed by atoms with E-state index in [4.69, 9.17) is 9.47 Å². The second-order valence-electron chi connectivity index (χ2n) is 5.34. The highest BCUT2D eigenvalue weighted by Gasteiger charge is 2.18. The van der Waals surface area contributed by atoms with E-state index in [1.54, 1.807) is 19.2 Å². The van der Waals surface area contributed by atoms with Crippen LogP contribution in [0.15, 0.2) is 16.6 Å². The summed E-state index contributed by atoms with van der Waals surface area (Å²) in [5, 5.41) is 6.32. The lowest BCUT2D eigenvalue weighted by Gasteiger charge is -2.15. The Morgan fingerprint density at radius 3 is 2.95 bits per heavy atom. The molecule has 5 nitrogen and oxygen atoms in total. The van der Waals surface area contributed by atoms with Crippen LogP contribution in [0.5, 0.6) is 11.5 Å². The first-order valence-corrected chi connectivity index (χ1v) is 8.47. The number of hydrogen-bond donors (Lipinski definition) is 2. The van der Waals surface area contributed by atoms with Gasteiger partial charge in [0.25, 0.3) is 5.91 Å². The molecule has 1 aliphatic rings. The fraction of sp³-hybridized carbons (Fsp3) is 0.562. The van der Waals surface area contributed by atoms with Gasteiger partial charge in [0.2, 0.25) is 0 Å². The van der Waals surface area contributed by atoms with Crippen LogP contribution in [0, 0.1) is 0 Å². The van der Waals surface area contributed by atoms with E-state index in [0.717, 1.165) is 23.9 Å². The molecule has 1 heterocycles. The van der Waals surface area contributed by atoms with Crippen molar-refractivity contribution >= 4 is 21.8 Å². The van der Waals surface area contributed by atoms with Gasteiger partial charge in [0, 0.05) is 18.2 Å². The van der Waals surface area contributed by atoms with Crippen LogP contribution in [0.1, 0.15) is 36.5 Å². The molecule has 2 N–H and O–H groups in total. The van der Waals surface area contributed by atoms with Crippen LogP contribution in [-0.4, -0.2) is 38.8 Å². The topological polar surface area (TPSA) is 59.6 Å². The number of carbonyl (C=O) groups excluding carboxylic acids is 1. The van der Waals surface area contributed by atoms with Crippen LogP contribution in [0.4, 0.5) is 0 Å². The van der Waals surface area contributed by atoms with Gasteiger partial charge < -0.3 is 20.1 Å². The summed E-state index contributed by atoms with van der Waals surface area (Å²) in [6.07, 6.45) is 3.19. The molecule has 6 heteroatoms. The highest BCUT2D eigenvalue weighted by atomic mass is 79.9. The van der Waals surface area contributed by atoms with Crippen LogP contribution in [-0.2, 0) is 0 Å². The standard InChI is InChI=1S/C16H23BrN2O3/c1-3-7-22-15-13(17)8-11(9-14(15)21-2)16(20)19-10-12-5-4-6-18-12/h8-9,12,18H,3-7,10H2,1-2H3,(H,19,20). The van der Waals surface area contributed by atoms with Gasteiger partial charge in [-0.1, -0.05) is 6.92 Å². The normalized spacial score (nSPS) is 17.3. The maximum atomic E-state index is 12.3. The van der Waals surface area contributed by atoms with Crippen molar-refractivity contribution in [3.05, 3.63) is 22.2 Å². The van der Waals surface area contributed by atoms with Crippen LogP contribution < -0.4 is 20.1 Å². The van der Waals surface area contributed by atoms with Crippen molar-refractivity contribution in [2.45, 2.75) is 32.2 Å². The molecule has 0 aliphatic carbocycles. The average molecular weight is 371 g/mol. The second kappa shape index (κ2) is 8.39. The fourth-order valence-corrected chi connectivity index (χ4v) is 3.00. The van der Waals surface area contributed by atoms with E-state index >= 15 is 0 Å². The zero-order valence-corrected chi connectivity index (χ0v) is 14.7. The molecule has 1 atom stereocenters. The van der Waals surface area contributed by atoms with Crippen molar-refractivity contribution in [3.8, 4) is 11.5 Å². The number of amides is 1. The van der Waals surface area contributed by atoms with E-state index in [1.165, 1.54) is 6.42 Å². The average Bonchev–Trinajstić information content (AvgIpc) is 3.04. The van der Waals surface area contributed by atoms with Gasteiger partial charge in [-0.05, 0) is 53.9 Å². The molecule has 1 fully saturated rings. The lowest BCUT2D eigenvalue weighted by molar-refractivity contribution is 0.0950. The molecule has 0 spiro atoms. The number of methoxy groups -OCH3 is 1. The molecule has 1 aromatic carbocycles. The molecular formula is C16H23BrN2O3. The van der Waals surface area contributed by atoms with Crippen molar-refractivity contribution in [3.63, 3.8) is 0 Å². The Morgan fingerprint density at radius 1 is 1.50 bits per heavy atom. The third-order valence-corrected chi connectivity index (χ3v) is 4.20. The summed E-state index contributed by atoms with van der Waals surface area (Å²) in [4.78, 5) is 12.3. The molecule has 1 aliphatic heterocycles. The number of nitrogens with one attached hydrogen (secondary N) is 2. The van der Waals surface area contributed by atoms with Crippen LogP contribution in [0.2, 0.25) is 0 Å². The molecule has 0 radical (unpaired) electrons. The third kappa shape index (κ3) is 4.36. The van der Waals surface area contributed by atoms with Gasteiger partial charge in [-0.3, -0.25) is 4.79 Å². The number of halogens is 1. The summed E-state index contributed by atoms with van der Waals surface area (Å²) in [6, 6.07) is 3.86. The maximum Gasteiger partial charge on any atom is 0.251 e. The summed E-state index contributed by atoms with van der Waals surface area (Å²) < 4.78 is 11.7. The quantitative estimate of drug-likeness (QED) is 0.774. The molecule has 22 heavy (non-hydrogen) atoms. The van der Waals surface area contributed by atoms with Crippen molar-refractivity contribution in [1.29, 1.82) is 0 Å². The van der Waals surface area contributed by atoms with Gasteiger partial charge in [0.05, 0.1) is 18.2 Å². The lowest BCUT2D eigenvalue weighted by atomic mass is 10.1. The molecule has 0 bridgehead atoms. The minimum absolute atomic E-state index is 0.102. The number of rotatable bonds is 7. The Balaban J connectivity index is 2.06. The van der Waals surface area contributed by atoms with Crippen molar-refractivity contribution < 1.29 is 14.3 Å². The Hall–Kier alpha value is -1.27. The first-order valence-electron chi connectivity index (χ1n) is 7.67. The van der Waals surface area contributed by atoms with Crippen LogP contribution in [0.25, 0.3) is 0 Å². The number of benzene rings is 1. The smallest absolute Gasteiger partial charge is 0.251 e. The lowest BCUT2D eigenvalue weighted by Crippen LogP contribution is -2.37. The molecule has 0 saturated carbocycles. The van der Waals surface area contributed by atoms with Gasteiger partial charge in [0.1, 0.15) is 0 Å². The zero-order chi connectivity index (χ0) is 15.9. The number of carbonyl (C=O) groups is 1. The summed E-state index contributed by atoms with van der Waals surface area (Å²) in [5.74, 6) is 1.10. The van der Waals surface area contributed by atoms with E-state index in [-0.39, 0.29) is 5.91 Å². The van der Waals surface area contributed by atoms with Gasteiger partial charge in [-0.25, -0.2) is 0 Å². The molecular weight excluding hydrogens is 348 g/mol. The molecule has 0 aromatic heterocycles. The molecule has 2 rings (SSSR count). The van der Waals surface area contributed by atoms with Gasteiger partial charge in [-0.15, -0.1) is 0 Å². The first-order chi connectivity index (χ1) is 10.7. The summed E-state index contributed by atoms with van der Waals surface area (Å²) in [5.41, 5.74) is 0.561. The number of hydrogen-bond acceptors (Lipinski definition) is 4. The monoisotopic (exact) mass is 370 g/mol. The highest BCUT2D eigenvalue weighted by Crippen LogP contribution is 2.36. The Kier molecular flexibility index (Phi) is 6.51. The third-order valence-electron chi connectivity index (χ3n) is 3.61. The Bertz CT molecular complexity index is 516. The van der Waals surface area contributed by atoms with E-state index in [2.05, 4.69) is 26.6 Å². The van der Waals surface area contributed by atoms with Crippen LogP contribution >= 0.6 is 15.9 Å². The maximum absolute atomic E-state index is 12.3. The summed E-state index contributed by atoms with van der Waals surface area (Å²) >= 11 is 3.46. The predicted octanol–water partition coefficient (Wildman–Crippen LogP) is 2.73. The summed E-state index contributed by atoms with van der Waals surface area (Å²) in [7, 11) is 1.57. The fourth-order valence-electron chi connectivity index (χ4n) is 2.44. The molecule has 1 unspecified atom stereocenters. The first kappa shape index (κ1) is 17.1. The van der Waals surface area contributed by atoms with E-state index < -0.39 is 0 Å². The van der Waals surface area contributed by atoms with Crippen molar-refractivity contribution in [1.82, 2.24) is 10.6 Å². The molecule has 1 aromatic rings.